The minimum atomic E-state index is -0.168. The van der Waals surface area contributed by atoms with Crippen LogP contribution in [-0.4, -0.2) is 40.1 Å². The van der Waals surface area contributed by atoms with Gasteiger partial charge in [0.1, 0.15) is 6.33 Å². The molecule has 0 atom stereocenters. The summed E-state index contributed by atoms with van der Waals surface area (Å²) in [6.45, 7) is 0.728. The van der Waals surface area contributed by atoms with E-state index >= 15 is 0 Å². The van der Waals surface area contributed by atoms with Crippen LogP contribution in [0.5, 0.6) is 0 Å². The Balaban J connectivity index is 1.39. The van der Waals surface area contributed by atoms with Crippen LogP contribution in [0.4, 0.5) is 0 Å². The normalized spacial score (nSPS) is 10.4. The Labute approximate surface area is 161 Å². The van der Waals surface area contributed by atoms with Crippen molar-refractivity contribution in [2.24, 2.45) is 0 Å². The first-order chi connectivity index (χ1) is 13.2. The average molecular weight is 381 g/mol. The molecular weight excluding hydrogens is 362 g/mol. The van der Waals surface area contributed by atoms with Crippen molar-refractivity contribution in [1.29, 1.82) is 0 Å². The second-order valence-electron chi connectivity index (χ2n) is 5.65. The first kappa shape index (κ1) is 18.7. The summed E-state index contributed by atoms with van der Waals surface area (Å²) in [6, 6.07) is 16.4. The molecule has 0 unspecified atom stereocenters. The molecule has 3 N–H and O–H groups in total. The van der Waals surface area contributed by atoms with Gasteiger partial charge in [0.25, 0.3) is 11.8 Å². The Morgan fingerprint density at radius 3 is 2.11 bits per heavy atom. The highest BCUT2D eigenvalue weighted by Gasteiger charge is 2.07. The number of hydrogen-bond acceptors (Lipinski definition) is 5. The van der Waals surface area contributed by atoms with Crippen LogP contribution in [0.15, 0.2) is 66.1 Å². The van der Waals surface area contributed by atoms with Gasteiger partial charge in [-0.05, 0) is 29.8 Å². The summed E-state index contributed by atoms with van der Waals surface area (Å²) in [5.74, 6) is 0.416. The second kappa shape index (κ2) is 9.54. The van der Waals surface area contributed by atoms with Crippen LogP contribution in [0.1, 0.15) is 26.3 Å². The van der Waals surface area contributed by atoms with Gasteiger partial charge in [0, 0.05) is 30.0 Å². The summed E-state index contributed by atoms with van der Waals surface area (Å²) in [5, 5.41) is 12.9. The zero-order valence-corrected chi connectivity index (χ0v) is 15.3. The molecule has 138 valence electrons. The largest absolute Gasteiger partial charge is 0.350 e. The maximum absolute atomic E-state index is 12.2. The number of nitrogens with zero attached hydrogens (tertiary/aromatic N) is 2. The van der Waals surface area contributed by atoms with Crippen molar-refractivity contribution in [2.75, 3.05) is 13.1 Å². The lowest BCUT2D eigenvalue weighted by Gasteiger charge is -2.08. The molecule has 8 heteroatoms. The summed E-state index contributed by atoms with van der Waals surface area (Å²) >= 11 is 1.54. The number of H-pyrrole nitrogens is 1. The van der Waals surface area contributed by atoms with Crippen molar-refractivity contribution in [3.8, 4) is 0 Å². The number of aromatic amines is 1. The van der Waals surface area contributed by atoms with Crippen molar-refractivity contribution >= 4 is 23.6 Å². The molecule has 0 aliphatic rings. The third-order valence-electron chi connectivity index (χ3n) is 3.72. The van der Waals surface area contributed by atoms with E-state index in [-0.39, 0.29) is 11.8 Å². The molecule has 0 aliphatic carbocycles. The van der Waals surface area contributed by atoms with E-state index in [0.29, 0.717) is 24.2 Å². The number of rotatable bonds is 8. The fourth-order valence-corrected chi connectivity index (χ4v) is 3.05. The van der Waals surface area contributed by atoms with Crippen LogP contribution < -0.4 is 10.6 Å². The van der Waals surface area contributed by atoms with Crippen LogP contribution in [0.25, 0.3) is 0 Å². The SMILES string of the molecule is O=C(NCCNC(=O)c1ccc(CSc2ncn[nH]2)cc1)c1ccccc1. The Morgan fingerprint density at radius 2 is 1.52 bits per heavy atom. The van der Waals surface area contributed by atoms with Crippen molar-refractivity contribution in [1.82, 2.24) is 25.8 Å². The molecule has 0 fully saturated rings. The molecule has 0 saturated carbocycles. The van der Waals surface area contributed by atoms with Crippen molar-refractivity contribution in [3.63, 3.8) is 0 Å². The molecule has 1 aromatic heterocycles. The van der Waals surface area contributed by atoms with Crippen molar-refractivity contribution < 1.29 is 9.59 Å². The monoisotopic (exact) mass is 381 g/mol. The van der Waals surface area contributed by atoms with E-state index in [9.17, 15) is 9.59 Å². The molecule has 0 bridgehead atoms. The predicted octanol–water partition coefficient (Wildman–Crippen LogP) is 2.26. The number of hydrogen-bond donors (Lipinski definition) is 3. The Hall–Kier alpha value is -3.13. The molecule has 0 spiro atoms. The van der Waals surface area contributed by atoms with Gasteiger partial charge in [0.2, 0.25) is 0 Å². The van der Waals surface area contributed by atoms with E-state index in [1.807, 2.05) is 30.3 Å². The predicted molar refractivity (Wildman–Crippen MR) is 103 cm³/mol. The third kappa shape index (κ3) is 5.68. The van der Waals surface area contributed by atoms with E-state index in [1.54, 1.807) is 36.0 Å². The second-order valence-corrected chi connectivity index (χ2v) is 6.62. The lowest BCUT2D eigenvalue weighted by molar-refractivity contribution is 0.0927. The van der Waals surface area contributed by atoms with Crippen LogP contribution in [0, 0.1) is 0 Å². The standard InChI is InChI=1S/C19H19N5O2S/c25-17(15-4-2-1-3-5-15)20-10-11-21-18(26)16-8-6-14(7-9-16)12-27-19-22-13-23-24-19/h1-9,13H,10-12H2,(H,20,25)(H,21,26)(H,22,23,24). The first-order valence-electron chi connectivity index (χ1n) is 8.41. The first-order valence-corrected chi connectivity index (χ1v) is 9.39. The van der Waals surface area contributed by atoms with Crippen molar-refractivity contribution in [3.05, 3.63) is 77.6 Å². The lowest BCUT2D eigenvalue weighted by atomic mass is 10.1. The van der Waals surface area contributed by atoms with Gasteiger partial charge in [-0.1, -0.05) is 42.1 Å². The van der Waals surface area contributed by atoms with Gasteiger partial charge >= 0.3 is 0 Å². The molecule has 2 aromatic carbocycles. The molecule has 0 radical (unpaired) electrons. The molecule has 3 rings (SSSR count). The lowest BCUT2D eigenvalue weighted by Crippen LogP contribution is -2.34. The summed E-state index contributed by atoms with van der Waals surface area (Å²) in [4.78, 5) is 28.1. The Morgan fingerprint density at radius 1 is 0.889 bits per heavy atom. The maximum Gasteiger partial charge on any atom is 0.251 e. The highest BCUT2D eigenvalue weighted by molar-refractivity contribution is 7.98. The number of amides is 2. The number of carbonyl (C=O) groups excluding carboxylic acids is 2. The van der Waals surface area contributed by atoms with Crippen LogP contribution in [-0.2, 0) is 5.75 Å². The van der Waals surface area contributed by atoms with Gasteiger partial charge in [0.05, 0.1) is 0 Å². The fourth-order valence-electron chi connectivity index (χ4n) is 2.31. The third-order valence-corrected chi connectivity index (χ3v) is 4.66. The van der Waals surface area contributed by atoms with Crippen LogP contribution >= 0.6 is 11.8 Å². The highest BCUT2D eigenvalue weighted by atomic mass is 32.2. The fraction of sp³-hybridized carbons (Fsp3) is 0.158. The van der Waals surface area contributed by atoms with Gasteiger partial charge in [-0.15, -0.1) is 0 Å². The molecular formula is C19H19N5O2S. The summed E-state index contributed by atoms with van der Waals surface area (Å²) in [7, 11) is 0. The molecule has 2 amide bonds. The number of aromatic nitrogens is 3. The number of carbonyl (C=O) groups is 2. The highest BCUT2D eigenvalue weighted by Crippen LogP contribution is 2.18. The van der Waals surface area contributed by atoms with E-state index in [1.165, 1.54) is 6.33 Å². The van der Waals surface area contributed by atoms with Gasteiger partial charge in [0.15, 0.2) is 5.16 Å². The van der Waals surface area contributed by atoms with Crippen molar-refractivity contribution in [2.45, 2.75) is 10.9 Å². The average Bonchev–Trinajstić information content (AvgIpc) is 3.24. The van der Waals surface area contributed by atoms with E-state index < -0.39 is 0 Å². The minimum Gasteiger partial charge on any atom is -0.350 e. The van der Waals surface area contributed by atoms with E-state index in [4.69, 9.17) is 0 Å². The number of nitrogens with one attached hydrogen (secondary N) is 3. The Kier molecular flexibility index (Phi) is 6.59. The number of thioether (sulfide) groups is 1. The maximum atomic E-state index is 12.2. The molecule has 3 aromatic rings. The zero-order chi connectivity index (χ0) is 18.9. The molecule has 1 heterocycles. The van der Waals surface area contributed by atoms with E-state index in [2.05, 4.69) is 25.8 Å². The van der Waals surface area contributed by atoms with Gasteiger partial charge in [-0.2, -0.15) is 5.10 Å². The van der Waals surface area contributed by atoms with Gasteiger partial charge in [-0.3, -0.25) is 14.7 Å². The molecule has 0 saturated heterocycles. The summed E-state index contributed by atoms with van der Waals surface area (Å²) < 4.78 is 0. The van der Waals surface area contributed by atoms with Crippen LogP contribution in [0.3, 0.4) is 0 Å². The minimum absolute atomic E-state index is 0.154. The molecule has 0 aliphatic heterocycles. The molecule has 7 nitrogen and oxygen atoms in total. The summed E-state index contributed by atoms with van der Waals surface area (Å²) in [5.41, 5.74) is 2.27. The Bertz CT molecular complexity index is 867. The quantitative estimate of drug-likeness (QED) is 0.411. The van der Waals surface area contributed by atoms with Gasteiger partial charge in [-0.25, -0.2) is 4.98 Å². The van der Waals surface area contributed by atoms with Crippen LogP contribution in [0.2, 0.25) is 0 Å². The summed E-state index contributed by atoms with van der Waals surface area (Å²) in [6.07, 6.45) is 1.47. The topological polar surface area (TPSA) is 99.8 Å². The van der Waals surface area contributed by atoms with Gasteiger partial charge < -0.3 is 10.6 Å². The smallest absolute Gasteiger partial charge is 0.251 e. The van der Waals surface area contributed by atoms with E-state index in [0.717, 1.165) is 16.5 Å². The number of benzene rings is 2. The molecule has 27 heavy (non-hydrogen) atoms. The zero-order valence-electron chi connectivity index (χ0n) is 14.5.